The predicted octanol–water partition coefficient (Wildman–Crippen LogP) is 1.93. The molecule has 1 heterocycles. The van der Waals surface area contributed by atoms with Crippen LogP contribution in [-0.4, -0.2) is 36.7 Å². The molecule has 2 unspecified atom stereocenters. The van der Waals surface area contributed by atoms with Crippen LogP contribution in [0.3, 0.4) is 0 Å². The first-order chi connectivity index (χ1) is 11.1. The lowest BCUT2D eigenvalue weighted by Crippen LogP contribution is -2.26. The topological polar surface area (TPSA) is 84.9 Å². The number of carboxylic acid groups (broad SMARTS) is 1. The highest BCUT2D eigenvalue weighted by Crippen LogP contribution is 2.37. The zero-order valence-corrected chi connectivity index (χ0v) is 13.1. The highest BCUT2D eigenvalue weighted by molar-refractivity contribution is 5.99. The standard InChI is InChI=1S/C17H21NO5/c1-22-13-7-6-10(8-14(13)23-11-4-2-3-5-11)12-9-18-16(19)15(12)17(20)21/h6-8,11-12,15H,2-5,9H2,1H3,(H,18,19)(H,20,21). The van der Waals surface area contributed by atoms with E-state index < -0.39 is 23.7 Å². The average Bonchev–Trinajstić information content (AvgIpc) is 3.16. The molecule has 2 aliphatic rings. The Kier molecular flexibility index (Phi) is 4.41. The van der Waals surface area contributed by atoms with Gasteiger partial charge in [0.2, 0.25) is 5.91 Å². The number of carbonyl (C=O) groups is 2. The summed E-state index contributed by atoms with van der Waals surface area (Å²) in [5, 5.41) is 11.9. The van der Waals surface area contributed by atoms with Crippen LogP contribution in [0.2, 0.25) is 0 Å². The van der Waals surface area contributed by atoms with Gasteiger partial charge in [-0.3, -0.25) is 9.59 Å². The molecule has 124 valence electrons. The van der Waals surface area contributed by atoms with Gasteiger partial charge in [-0.15, -0.1) is 0 Å². The number of rotatable bonds is 5. The summed E-state index contributed by atoms with van der Waals surface area (Å²) in [6.07, 6.45) is 4.55. The van der Waals surface area contributed by atoms with Crippen LogP contribution < -0.4 is 14.8 Å². The third-order valence-electron chi connectivity index (χ3n) is 4.66. The van der Waals surface area contributed by atoms with E-state index in [2.05, 4.69) is 5.32 Å². The van der Waals surface area contributed by atoms with Gasteiger partial charge in [0.05, 0.1) is 13.2 Å². The van der Waals surface area contributed by atoms with Crippen molar-refractivity contribution < 1.29 is 24.2 Å². The number of hydrogen-bond donors (Lipinski definition) is 2. The number of benzene rings is 1. The molecule has 2 N–H and O–H groups in total. The molecule has 1 saturated carbocycles. The van der Waals surface area contributed by atoms with Crippen LogP contribution in [0.5, 0.6) is 11.5 Å². The highest BCUT2D eigenvalue weighted by Gasteiger charge is 2.41. The number of hydrogen-bond acceptors (Lipinski definition) is 4. The monoisotopic (exact) mass is 319 g/mol. The third kappa shape index (κ3) is 3.11. The molecule has 3 rings (SSSR count). The molecular formula is C17H21NO5. The molecule has 0 aromatic heterocycles. The van der Waals surface area contributed by atoms with Crippen molar-refractivity contribution >= 4 is 11.9 Å². The summed E-state index contributed by atoms with van der Waals surface area (Å²) in [6.45, 7) is 0.324. The summed E-state index contributed by atoms with van der Waals surface area (Å²) < 4.78 is 11.4. The summed E-state index contributed by atoms with van der Waals surface area (Å²) in [5.74, 6) is -1.72. The summed E-state index contributed by atoms with van der Waals surface area (Å²) in [6, 6.07) is 5.40. The van der Waals surface area contributed by atoms with E-state index in [1.165, 1.54) is 0 Å². The van der Waals surface area contributed by atoms with Gasteiger partial charge in [0.25, 0.3) is 0 Å². The Balaban J connectivity index is 1.87. The van der Waals surface area contributed by atoms with Crippen LogP contribution in [0.1, 0.15) is 37.2 Å². The van der Waals surface area contributed by atoms with Crippen molar-refractivity contribution in [3.05, 3.63) is 23.8 Å². The Morgan fingerprint density at radius 3 is 2.65 bits per heavy atom. The number of nitrogens with one attached hydrogen (secondary N) is 1. The lowest BCUT2D eigenvalue weighted by atomic mass is 9.88. The van der Waals surface area contributed by atoms with E-state index >= 15 is 0 Å². The molecule has 23 heavy (non-hydrogen) atoms. The van der Waals surface area contributed by atoms with Crippen molar-refractivity contribution in [1.82, 2.24) is 5.32 Å². The highest BCUT2D eigenvalue weighted by atomic mass is 16.5. The molecule has 6 nitrogen and oxygen atoms in total. The number of aliphatic carboxylic acids is 1. The van der Waals surface area contributed by atoms with Crippen LogP contribution in [-0.2, 0) is 9.59 Å². The average molecular weight is 319 g/mol. The Bertz CT molecular complexity index is 609. The Morgan fingerprint density at radius 1 is 1.26 bits per heavy atom. The molecule has 1 aliphatic carbocycles. The van der Waals surface area contributed by atoms with Gasteiger partial charge >= 0.3 is 5.97 Å². The van der Waals surface area contributed by atoms with Crippen LogP contribution in [0.25, 0.3) is 0 Å². The number of carbonyl (C=O) groups excluding carboxylic acids is 1. The van der Waals surface area contributed by atoms with E-state index in [9.17, 15) is 14.7 Å². The van der Waals surface area contributed by atoms with E-state index in [1.54, 1.807) is 19.2 Å². The molecule has 1 aromatic rings. The zero-order chi connectivity index (χ0) is 16.4. The Hall–Kier alpha value is -2.24. The maximum atomic E-state index is 11.7. The minimum atomic E-state index is -1.10. The maximum absolute atomic E-state index is 11.7. The van der Waals surface area contributed by atoms with E-state index in [4.69, 9.17) is 9.47 Å². The van der Waals surface area contributed by atoms with Crippen molar-refractivity contribution in [2.24, 2.45) is 5.92 Å². The van der Waals surface area contributed by atoms with Gasteiger partial charge in [-0.25, -0.2) is 0 Å². The Morgan fingerprint density at radius 2 is 2.00 bits per heavy atom. The molecule has 1 aromatic carbocycles. The van der Waals surface area contributed by atoms with E-state index in [0.717, 1.165) is 31.2 Å². The largest absolute Gasteiger partial charge is 0.493 e. The molecule has 6 heteroatoms. The number of methoxy groups -OCH3 is 1. The Labute approximate surface area is 134 Å². The number of ether oxygens (including phenoxy) is 2. The fourth-order valence-corrected chi connectivity index (χ4v) is 3.42. The van der Waals surface area contributed by atoms with Crippen LogP contribution in [0.15, 0.2) is 18.2 Å². The van der Waals surface area contributed by atoms with Crippen molar-refractivity contribution in [1.29, 1.82) is 0 Å². The van der Waals surface area contributed by atoms with Gasteiger partial charge in [-0.2, -0.15) is 0 Å². The molecule has 1 aliphatic heterocycles. The number of amides is 1. The first kappa shape index (κ1) is 15.6. The second kappa shape index (κ2) is 6.48. The summed E-state index contributed by atoms with van der Waals surface area (Å²) >= 11 is 0. The fourth-order valence-electron chi connectivity index (χ4n) is 3.42. The van der Waals surface area contributed by atoms with Gasteiger partial charge < -0.3 is 19.9 Å². The first-order valence-corrected chi connectivity index (χ1v) is 7.95. The zero-order valence-electron chi connectivity index (χ0n) is 13.1. The quantitative estimate of drug-likeness (QED) is 0.810. The molecule has 2 fully saturated rings. The second-order valence-corrected chi connectivity index (χ2v) is 6.10. The molecule has 0 radical (unpaired) electrons. The summed E-state index contributed by atoms with van der Waals surface area (Å²) in [7, 11) is 1.58. The normalized spacial score (nSPS) is 24.5. The third-order valence-corrected chi connectivity index (χ3v) is 4.66. The van der Waals surface area contributed by atoms with Gasteiger partial charge in [0.1, 0.15) is 5.92 Å². The molecule has 0 spiro atoms. The second-order valence-electron chi connectivity index (χ2n) is 6.10. The van der Waals surface area contributed by atoms with Crippen molar-refractivity contribution in [2.75, 3.05) is 13.7 Å². The molecule has 1 saturated heterocycles. The fraction of sp³-hybridized carbons (Fsp3) is 0.529. The molecule has 2 atom stereocenters. The van der Waals surface area contributed by atoms with Gasteiger partial charge in [0, 0.05) is 12.5 Å². The van der Waals surface area contributed by atoms with Gasteiger partial charge in [-0.1, -0.05) is 6.07 Å². The van der Waals surface area contributed by atoms with Crippen LogP contribution in [0, 0.1) is 5.92 Å². The van der Waals surface area contributed by atoms with E-state index in [1.807, 2.05) is 6.07 Å². The summed E-state index contributed by atoms with van der Waals surface area (Å²) in [4.78, 5) is 23.1. The van der Waals surface area contributed by atoms with E-state index in [-0.39, 0.29) is 6.10 Å². The van der Waals surface area contributed by atoms with Crippen molar-refractivity contribution in [2.45, 2.75) is 37.7 Å². The maximum Gasteiger partial charge on any atom is 0.316 e. The predicted molar refractivity (Wildman–Crippen MR) is 82.8 cm³/mol. The molecule has 1 amide bonds. The minimum absolute atomic E-state index is 0.178. The smallest absolute Gasteiger partial charge is 0.316 e. The lowest BCUT2D eigenvalue weighted by molar-refractivity contribution is -0.145. The van der Waals surface area contributed by atoms with Gasteiger partial charge in [-0.05, 0) is 43.4 Å². The summed E-state index contributed by atoms with van der Waals surface area (Å²) in [5.41, 5.74) is 0.782. The molecular weight excluding hydrogens is 298 g/mol. The van der Waals surface area contributed by atoms with Crippen molar-refractivity contribution in [3.63, 3.8) is 0 Å². The minimum Gasteiger partial charge on any atom is -0.493 e. The first-order valence-electron chi connectivity index (χ1n) is 7.95. The van der Waals surface area contributed by atoms with Gasteiger partial charge in [0.15, 0.2) is 11.5 Å². The van der Waals surface area contributed by atoms with Crippen molar-refractivity contribution in [3.8, 4) is 11.5 Å². The van der Waals surface area contributed by atoms with E-state index in [0.29, 0.717) is 18.0 Å². The molecule has 0 bridgehead atoms. The van der Waals surface area contributed by atoms with Crippen LogP contribution in [0.4, 0.5) is 0 Å². The lowest BCUT2D eigenvalue weighted by Gasteiger charge is -2.19. The van der Waals surface area contributed by atoms with Crippen LogP contribution >= 0.6 is 0 Å². The number of carboxylic acids is 1. The SMILES string of the molecule is COc1ccc(C2CNC(=O)C2C(=O)O)cc1OC1CCCC1.